The molecule has 0 saturated carbocycles. The number of carbonyl (C=O) groups excluding carboxylic acids is 1. The van der Waals surface area contributed by atoms with E-state index in [1.807, 2.05) is 29.0 Å². The molecule has 3 rings (SSSR count). The topological polar surface area (TPSA) is 134 Å². The minimum absolute atomic E-state index is 0.0513. The molecule has 1 aliphatic rings. The number of amides is 1. The average Bonchev–Trinajstić information content (AvgIpc) is 3.32. The zero-order chi connectivity index (χ0) is 28.3. The number of aliphatic carboxylic acids is 2. The van der Waals surface area contributed by atoms with E-state index < -0.39 is 24.3 Å². The van der Waals surface area contributed by atoms with Gasteiger partial charge < -0.3 is 25.4 Å². The first kappa shape index (κ1) is 31.4. The lowest BCUT2D eigenvalue weighted by molar-refractivity contribution is -0.193. The molecule has 1 fully saturated rings. The van der Waals surface area contributed by atoms with Crippen LogP contribution >= 0.6 is 0 Å². The van der Waals surface area contributed by atoms with Gasteiger partial charge in [0.1, 0.15) is 0 Å². The summed E-state index contributed by atoms with van der Waals surface area (Å²) in [5.74, 6) is -5.37. The number of carbonyl (C=O) groups is 3. The Kier molecular flexibility index (Phi) is 11.6. The van der Waals surface area contributed by atoms with Crippen LogP contribution in [-0.4, -0.2) is 63.1 Å². The summed E-state index contributed by atoms with van der Waals surface area (Å²) < 4.78 is 65.5. The van der Waals surface area contributed by atoms with E-state index in [4.69, 9.17) is 19.8 Å². The molecule has 1 atom stereocenters. The quantitative estimate of drug-likeness (QED) is 0.427. The van der Waals surface area contributed by atoms with Crippen molar-refractivity contribution in [3.8, 4) is 0 Å². The lowest BCUT2D eigenvalue weighted by Gasteiger charge is -2.34. The summed E-state index contributed by atoms with van der Waals surface area (Å²) in [6, 6.07) is 10.1. The highest BCUT2D eigenvalue weighted by molar-refractivity contribution is 5.82. The van der Waals surface area contributed by atoms with Gasteiger partial charge in [0.15, 0.2) is 0 Å². The summed E-state index contributed by atoms with van der Waals surface area (Å²) in [6.07, 6.45) is -2.93. The highest BCUT2D eigenvalue weighted by Crippen LogP contribution is 2.29. The van der Waals surface area contributed by atoms with E-state index in [0.29, 0.717) is 6.54 Å². The molecule has 0 bridgehead atoms. The van der Waals surface area contributed by atoms with E-state index in [1.54, 1.807) is 12.5 Å². The highest BCUT2D eigenvalue weighted by atomic mass is 19.4. The van der Waals surface area contributed by atoms with Crippen LogP contribution in [0.3, 0.4) is 0 Å². The van der Waals surface area contributed by atoms with Crippen LogP contribution in [0.4, 0.5) is 26.3 Å². The number of nitrogens with zero attached hydrogens (tertiary/aromatic N) is 2. The number of imidazole rings is 1. The van der Waals surface area contributed by atoms with Crippen molar-refractivity contribution >= 4 is 17.8 Å². The van der Waals surface area contributed by atoms with Crippen LogP contribution in [0.15, 0.2) is 49.1 Å². The van der Waals surface area contributed by atoms with Crippen molar-refractivity contribution in [1.82, 2.24) is 20.2 Å². The molecule has 9 nitrogen and oxygen atoms in total. The van der Waals surface area contributed by atoms with E-state index in [2.05, 4.69) is 34.7 Å². The first-order valence-electron chi connectivity index (χ1n) is 10.7. The van der Waals surface area contributed by atoms with Gasteiger partial charge in [-0.25, -0.2) is 14.6 Å². The molecule has 1 aromatic heterocycles. The number of benzene rings is 1. The number of halogens is 6. The number of hydrogen-bond donors (Lipinski definition) is 4. The number of carboxylic acids is 2. The molecule has 206 valence electrons. The third-order valence-electron chi connectivity index (χ3n) is 5.20. The van der Waals surface area contributed by atoms with Crippen molar-refractivity contribution in [2.24, 2.45) is 5.41 Å². The number of hydrogen-bond acceptors (Lipinski definition) is 5. The molecule has 1 aliphatic heterocycles. The Balaban J connectivity index is 0.000000404. The monoisotopic (exact) mass is 540 g/mol. The predicted octanol–water partition coefficient (Wildman–Crippen LogP) is 3.40. The maximum Gasteiger partial charge on any atom is 0.490 e. The molecule has 4 N–H and O–H groups in total. The molecule has 1 saturated heterocycles. The van der Waals surface area contributed by atoms with E-state index in [1.165, 1.54) is 0 Å². The zero-order valence-corrected chi connectivity index (χ0v) is 19.5. The second-order valence-corrected chi connectivity index (χ2v) is 8.11. The Morgan fingerprint density at radius 2 is 1.51 bits per heavy atom. The van der Waals surface area contributed by atoms with Gasteiger partial charge in [0.05, 0.1) is 12.4 Å². The summed E-state index contributed by atoms with van der Waals surface area (Å²) in [5.41, 5.74) is 0.833. The van der Waals surface area contributed by atoms with Gasteiger partial charge >= 0.3 is 24.3 Å². The molecule has 2 heterocycles. The van der Waals surface area contributed by atoms with Crippen LogP contribution in [0, 0.1) is 5.41 Å². The molecule has 1 unspecified atom stereocenters. The van der Waals surface area contributed by atoms with E-state index in [0.717, 1.165) is 31.5 Å². The predicted molar refractivity (Wildman–Crippen MR) is 117 cm³/mol. The lowest BCUT2D eigenvalue weighted by Crippen LogP contribution is -2.47. The maximum atomic E-state index is 12.9. The number of rotatable bonds is 5. The van der Waals surface area contributed by atoms with Gasteiger partial charge in [-0.2, -0.15) is 26.3 Å². The second kappa shape index (κ2) is 13.6. The number of aromatic nitrogens is 2. The molecule has 1 amide bonds. The summed E-state index contributed by atoms with van der Waals surface area (Å²) in [7, 11) is 0. The SMILES string of the molecule is CC1(C(=O)NC(Cn2ccnc2)c2ccccc2)CCNCC1.O=C(O)C(F)(F)F.O=C(O)C(F)(F)F. The van der Waals surface area contributed by atoms with Crippen molar-refractivity contribution in [2.75, 3.05) is 13.1 Å². The molecule has 0 spiro atoms. The second-order valence-electron chi connectivity index (χ2n) is 8.11. The molecule has 2 aromatic rings. The van der Waals surface area contributed by atoms with Crippen molar-refractivity contribution in [3.63, 3.8) is 0 Å². The highest BCUT2D eigenvalue weighted by Gasteiger charge is 2.39. The van der Waals surface area contributed by atoms with Crippen LogP contribution in [0.1, 0.15) is 31.4 Å². The minimum Gasteiger partial charge on any atom is -0.475 e. The van der Waals surface area contributed by atoms with Gasteiger partial charge in [-0.05, 0) is 31.5 Å². The largest absolute Gasteiger partial charge is 0.490 e. The van der Waals surface area contributed by atoms with E-state index in [9.17, 15) is 31.1 Å². The van der Waals surface area contributed by atoms with Crippen LogP contribution < -0.4 is 10.6 Å². The van der Waals surface area contributed by atoms with Crippen molar-refractivity contribution in [2.45, 2.75) is 44.7 Å². The van der Waals surface area contributed by atoms with Gasteiger partial charge in [-0.15, -0.1) is 0 Å². The number of piperidine rings is 1. The first-order valence-corrected chi connectivity index (χ1v) is 10.7. The van der Waals surface area contributed by atoms with E-state index in [-0.39, 0.29) is 17.4 Å². The van der Waals surface area contributed by atoms with E-state index >= 15 is 0 Å². The zero-order valence-electron chi connectivity index (χ0n) is 19.5. The first-order chi connectivity index (χ1) is 17.1. The lowest BCUT2D eigenvalue weighted by atomic mass is 9.80. The fourth-order valence-electron chi connectivity index (χ4n) is 3.06. The van der Waals surface area contributed by atoms with Gasteiger partial charge in [0.25, 0.3) is 0 Å². The van der Waals surface area contributed by atoms with Gasteiger partial charge in [-0.1, -0.05) is 37.3 Å². The fraction of sp³-hybridized carbons (Fsp3) is 0.455. The maximum absolute atomic E-state index is 12.9. The summed E-state index contributed by atoms with van der Waals surface area (Å²) in [5, 5.41) is 20.8. The summed E-state index contributed by atoms with van der Waals surface area (Å²) in [4.78, 5) is 34.8. The smallest absolute Gasteiger partial charge is 0.475 e. The molecule has 0 radical (unpaired) electrons. The van der Waals surface area contributed by atoms with Crippen molar-refractivity contribution < 1.29 is 50.9 Å². The normalized spacial score (nSPS) is 15.6. The molecular weight excluding hydrogens is 514 g/mol. The standard InChI is InChI=1S/C18H24N4O.2C2HF3O2/c1-18(7-9-19-10-8-18)17(23)21-16(13-22-12-11-20-14-22)15-5-3-2-4-6-15;2*3-2(4,5)1(6)7/h2-6,11-12,14,16,19H,7-10,13H2,1H3,(H,21,23);2*(H,6,7). The Morgan fingerprint density at radius 1 is 1.03 bits per heavy atom. The number of nitrogens with one attached hydrogen (secondary N) is 2. The molecule has 15 heteroatoms. The van der Waals surface area contributed by atoms with Gasteiger partial charge in [0.2, 0.25) is 5.91 Å². The van der Waals surface area contributed by atoms with Gasteiger partial charge in [-0.3, -0.25) is 4.79 Å². The third-order valence-corrected chi connectivity index (χ3v) is 5.20. The average molecular weight is 540 g/mol. The summed E-state index contributed by atoms with van der Waals surface area (Å²) >= 11 is 0. The van der Waals surface area contributed by atoms with Crippen molar-refractivity contribution in [3.05, 3.63) is 54.6 Å². The summed E-state index contributed by atoms with van der Waals surface area (Å²) in [6.45, 7) is 4.56. The number of carboxylic acid groups (broad SMARTS) is 2. The van der Waals surface area contributed by atoms with Crippen molar-refractivity contribution in [1.29, 1.82) is 0 Å². The minimum atomic E-state index is -5.08. The Labute approximate surface area is 207 Å². The fourth-order valence-corrected chi connectivity index (χ4v) is 3.06. The molecular formula is C22H26F6N4O5. The molecule has 1 aromatic carbocycles. The van der Waals surface area contributed by atoms with Crippen LogP contribution in [0.5, 0.6) is 0 Å². The third kappa shape index (κ3) is 11.3. The Morgan fingerprint density at radius 3 is 1.92 bits per heavy atom. The Bertz CT molecular complexity index is 967. The van der Waals surface area contributed by atoms with Crippen LogP contribution in [0.2, 0.25) is 0 Å². The van der Waals surface area contributed by atoms with Gasteiger partial charge in [0, 0.05) is 24.4 Å². The molecule has 0 aliphatic carbocycles. The number of alkyl halides is 6. The van der Waals surface area contributed by atoms with Crippen LogP contribution in [0.25, 0.3) is 0 Å². The molecule has 37 heavy (non-hydrogen) atoms. The Hall–Kier alpha value is -3.62. The van der Waals surface area contributed by atoms with Crippen LogP contribution in [-0.2, 0) is 20.9 Å².